The van der Waals surface area contributed by atoms with E-state index in [-0.39, 0.29) is 0 Å². The topological polar surface area (TPSA) is 32.5 Å². The van der Waals surface area contributed by atoms with Crippen LogP contribution >= 0.6 is 0 Å². The van der Waals surface area contributed by atoms with Gasteiger partial charge in [0.1, 0.15) is 0 Å². The molecule has 0 amide bonds. The van der Waals surface area contributed by atoms with Gasteiger partial charge >= 0.3 is 0 Å². The van der Waals surface area contributed by atoms with E-state index in [1.165, 1.54) is 51.9 Å². The van der Waals surface area contributed by atoms with Crippen LogP contribution in [0.25, 0.3) is 0 Å². The van der Waals surface area contributed by atoms with Crippen molar-refractivity contribution in [1.29, 1.82) is 0 Å². The summed E-state index contributed by atoms with van der Waals surface area (Å²) in [6.07, 6.45) is 5.37. The van der Waals surface area contributed by atoms with E-state index < -0.39 is 0 Å². The number of nitrogens with zero attached hydrogens (tertiary/aromatic N) is 2. The van der Waals surface area contributed by atoms with E-state index >= 15 is 0 Å². The maximum absolute atomic E-state index is 5.98. The molecule has 2 heterocycles. The van der Waals surface area contributed by atoms with Crippen LogP contribution in [0.15, 0.2) is 0 Å². The molecule has 2 unspecified atom stereocenters. The molecule has 2 rings (SSSR count). The van der Waals surface area contributed by atoms with Gasteiger partial charge in [-0.1, -0.05) is 13.8 Å². The van der Waals surface area contributed by atoms with Crippen molar-refractivity contribution in [2.45, 2.75) is 51.6 Å². The zero-order valence-corrected chi connectivity index (χ0v) is 11.6. The van der Waals surface area contributed by atoms with Crippen LogP contribution in [-0.2, 0) is 0 Å². The number of fused-ring (bicyclic) bond motifs is 1. The molecule has 17 heavy (non-hydrogen) atoms. The lowest BCUT2D eigenvalue weighted by atomic mass is 10.0. The molecule has 2 atom stereocenters. The summed E-state index contributed by atoms with van der Waals surface area (Å²) in [5, 5.41) is 0. The minimum absolute atomic E-state index is 0.607. The van der Waals surface area contributed by atoms with Crippen LogP contribution < -0.4 is 5.73 Å². The Labute approximate surface area is 106 Å². The molecule has 100 valence electrons. The number of hydrogen-bond acceptors (Lipinski definition) is 3. The van der Waals surface area contributed by atoms with Crippen molar-refractivity contribution < 1.29 is 0 Å². The Kier molecular flexibility index (Phi) is 4.83. The van der Waals surface area contributed by atoms with E-state index in [4.69, 9.17) is 5.73 Å². The maximum atomic E-state index is 5.98. The average molecular weight is 239 g/mol. The van der Waals surface area contributed by atoms with Crippen molar-refractivity contribution >= 4 is 0 Å². The smallest absolute Gasteiger partial charge is 0.0223 e. The van der Waals surface area contributed by atoms with Gasteiger partial charge in [-0.25, -0.2) is 0 Å². The first-order valence-electron chi connectivity index (χ1n) is 7.39. The molecule has 0 saturated carbocycles. The first-order chi connectivity index (χ1) is 8.20. The van der Waals surface area contributed by atoms with Crippen LogP contribution in [0.2, 0.25) is 0 Å². The van der Waals surface area contributed by atoms with Crippen molar-refractivity contribution in [1.82, 2.24) is 9.80 Å². The second kappa shape index (κ2) is 6.17. The van der Waals surface area contributed by atoms with Crippen LogP contribution in [0.4, 0.5) is 0 Å². The van der Waals surface area contributed by atoms with Crippen molar-refractivity contribution in [3.63, 3.8) is 0 Å². The predicted molar refractivity (Wildman–Crippen MR) is 73.1 cm³/mol. The number of hydrogen-bond donors (Lipinski definition) is 1. The highest BCUT2D eigenvalue weighted by Gasteiger charge is 2.31. The highest BCUT2D eigenvalue weighted by atomic mass is 15.3. The summed E-state index contributed by atoms with van der Waals surface area (Å²) in [5.74, 6) is 0.756. The Bertz CT molecular complexity index is 230. The molecule has 0 spiro atoms. The fraction of sp³-hybridized carbons (Fsp3) is 1.00. The van der Waals surface area contributed by atoms with Gasteiger partial charge in [0, 0.05) is 25.2 Å². The van der Waals surface area contributed by atoms with E-state index in [9.17, 15) is 0 Å². The predicted octanol–water partition coefficient (Wildman–Crippen LogP) is 1.53. The quantitative estimate of drug-likeness (QED) is 0.807. The normalized spacial score (nSPS) is 29.3. The monoisotopic (exact) mass is 239 g/mol. The van der Waals surface area contributed by atoms with Crippen molar-refractivity contribution in [3.05, 3.63) is 0 Å². The number of nitrogens with two attached hydrogens (primary N) is 1. The number of rotatable bonds is 4. The molecule has 0 aromatic rings. The molecule has 0 aliphatic carbocycles. The molecule has 0 radical (unpaired) electrons. The van der Waals surface area contributed by atoms with Crippen molar-refractivity contribution in [2.75, 3.05) is 32.7 Å². The van der Waals surface area contributed by atoms with Crippen LogP contribution in [0, 0.1) is 5.92 Å². The average Bonchev–Trinajstić information content (AvgIpc) is 2.63. The third kappa shape index (κ3) is 3.43. The fourth-order valence-electron chi connectivity index (χ4n) is 3.51. The highest BCUT2D eigenvalue weighted by Crippen LogP contribution is 2.23. The van der Waals surface area contributed by atoms with E-state index in [2.05, 4.69) is 23.6 Å². The van der Waals surface area contributed by atoms with Crippen LogP contribution in [0.5, 0.6) is 0 Å². The van der Waals surface area contributed by atoms with E-state index in [0.29, 0.717) is 6.04 Å². The van der Waals surface area contributed by atoms with Gasteiger partial charge in [0.15, 0.2) is 0 Å². The van der Waals surface area contributed by atoms with Crippen LogP contribution in [-0.4, -0.2) is 54.6 Å². The Morgan fingerprint density at radius 3 is 2.65 bits per heavy atom. The molecule has 3 nitrogen and oxygen atoms in total. The molecule has 2 saturated heterocycles. The van der Waals surface area contributed by atoms with Gasteiger partial charge in [0.25, 0.3) is 0 Å². The van der Waals surface area contributed by atoms with Gasteiger partial charge in [-0.15, -0.1) is 0 Å². The zero-order valence-electron chi connectivity index (χ0n) is 11.6. The lowest BCUT2D eigenvalue weighted by molar-refractivity contribution is 0.159. The maximum Gasteiger partial charge on any atom is 0.0223 e. The Hall–Kier alpha value is -0.120. The summed E-state index contributed by atoms with van der Waals surface area (Å²) < 4.78 is 0. The minimum atomic E-state index is 0.607. The summed E-state index contributed by atoms with van der Waals surface area (Å²) >= 11 is 0. The Morgan fingerprint density at radius 1 is 1.18 bits per heavy atom. The molecule has 0 aromatic carbocycles. The van der Waals surface area contributed by atoms with Gasteiger partial charge in [0.05, 0.1) is 0 Å². The van der Waals surface area contributed by atoms with Gasteiger partial charge in [-0.2, -0.15) is 0 Å². The van der Waals surface area contributed by atoms with Gasteiger partial charge < -0.3 is 5.73 Å². The fourth-order valence-corrected chi connectivity index (χ4v) is 3.51. The highest BCUT2D eigenvalue weighted by molar-refractivity contribution is 4.87. The molecule has 2 N–H and O–H groups in total. The summed E-state index contributed by atoms with van der Waals surface area (Å²) in [5.41, 5.74) is 5.98. The molecular weight excluding hydrogens is 210 g/mol. The van der Waals surface area contributed by atoms with Crippen LogP contribution in [0.3, 0.4) is 0 Å². The van der Waals surface area contributed by atoms with E-state index in [1.807, 2.05) is 0 Å². The second-order valence-corrected chi connectivity index (χ2v) is 6.20. The lowest BCUT2D eigenvalue weighted by Gasteiger charge is -2.33. The Balaban J connectivity index is 1.94. The molecule has 3 heteroatoms. The lowest BCUT2D eigenvalue weighted by Crippen LogP contribution is -2.45. The van der Waals surface area contributed by atoms with Gasteiger partial charge in [0.2, 0.25) is 0 Å². The third-order valence-electron chi connectivity index (χ3n) is 4.37. The summed E-state index contributed by atoms with van der Waals surface area (Å²) in [4.78, 5) is 5.37. The molecule has 0 bridgehead atoms. The van der Waals surface area contributed by atoms with Crippen LogP contribution in [0.1, 0.15) is 39.5 Å². The van der Waals surface area contributed by atoms with Crippen molar-refractivity contribution in [2.24, 2.45) is 11.7 Å². The zero-order chi connectivity index (χ0) is 12.3. The molecule has 0 aromatic heterocycles. The molecular formula is C14H29N3. The summed E-state index contributed by atoms with van der Waals surface area (Å²) in [6, 6.07) is 1.43. The summed E-state index contributed by atoms with van der Waals surface area (Å²) in [7, 11) is 0. The first-order valence-corrected chi connectivity index (χ1v) is 7.39. The van der Waals surface area contributed by atoms with Gasteiger partial charge in [-0.05, 0) is 51.2 Å². The molecule has 2 fully saturated rings. The second-order valence-electron chi connectivity index (χ2n) is 6.20. The minimum Gasteiger partial charge on any atom is -0.329 e. The molecule has 2 aliphatic rings. The van der Waals surface area contributed by atoms with E-state index in [0.717, 1.165) is 18.5 Å². The SMILES string of the molecule is CC(C)CC(CN)N1CCCN2CCCC2C1. The summed E-state index contributed by atoms with van der Waals surface area (Å²) in [6.45, 7) is 10.6. The third-order valence-corrected chi connectivity index (χ3v) is 4.37. The van der Waals surface area contributed by atoms with Crippen molar-refractivity contribution in [3.8, 4) is 0 Å². The molecule has 2 aliphatic heterocycles. The standard InChI is InChI=1S/C14H29N3/c1-12(2)9-14(10-15)17-8-4-7-16-6-3-5-13(16)11-17/h12-14H,3-11,15H2,1-2H3. The van der Waals surface area contributed by atoms with Gasteiger partial charge in [-0.3, -0.25) is 9.80 Å². The Morgan fingerprint density at radius 2 is 1.94 bits per heavy atom. The van der Waals surface area contributed by atoms with E-state index in [1.54, 1.807) is 0 Å². The first kappa shape index (κ1) is 13.3. The largest absolute Gasteiger partial charge is 0.329 e.